The molecule has 26 heavy (non-hydrogen) atoms. The molecule has 0 spiro atoms. The van der Waals surface area contributed by atoms with E-state index in [1.165, 1.54) is 19.3 Å². The lowest BCUT2D eigenvalue weighted by Gasteiger charge is -2.36. The number of aryl methyl sites for hydroxylation is 1. The van der Waals surface area contributed by atoms with Crippen molar-refractivity contribution in [3.63, 3.8) is 0 Å². The standard InChI is InChI=1S/C19H29N5O2/c1-4-22(3)18(25)17-15-9-23(10-16(15)17)13-5-12-6-14(7-13)24(8-12)19-20-11(2)21-26-19/h12-17H,4-10H2,1-3H3/t12?,13?,14?,15-,16+,17+. The summed E-state index contributed by atoms with van der Waals surface area (Å²) >= 11 is 0. The van der Waals surface area contributed by atoms with E-state index in [0.717, 1.165) is 32.1 Å². The Hall–Kier alpha value is -1.63. The number of hydrogen-bond acceptors (Lipinski definition) is 6. The number of likely N-dealkylation sites (tertiary alicyclic amines) is 1. The van der Waals surface area contributed by atoms with Crippen LogP contribution in [0.5, 0.6) is 0 Å². The smallest absolute Gasteiger partial charge is 0.324 e. The minimum Gasteiger partial charge on any atom is -0.346 e. The van der Waals surface area contributed by atoms with E-state index in [1.54, 1.807) is 0 Å². The highest BCUT2D eigenvalue weighted by atomic mass is 16.5. The van der Waals surface area contributed by atoms with Crippen LogP contribution < -0.4 is 4.90 Å². The van der Waals surface area contributed by atoms with Crippen molar-refractivity contribution in [3.05, 3.63) is 5.82 Å². The third-order valence-electron chi connectivity index (χ3n) is 7.29. The number of carbonyl (C=O) groups is 1. The first-order valence-electron chi connectivity index (χ1n) is 10.1. The number of anilines is 1. The van der Waals surface area contributed by atoms with Gasteiger partial charge in [-0.2, -0.15) is 4.98 Å². The molecular weight excluding hydrogens is 330 g/mol. The van der Waals surface area contributed by atoms with Crippen molar-refractivity contribution in [2.24, 2.45) is 23.7 Å². The van der Waals surface area contributed by atoms with E-state index >= 15 is 0 Å². The van der Waals surface area contributed by atoms with Gasteiger partial charge in [0, 0.05) is 51.2 Å². The second kappa shape index (κ2) is 5.94. The van der Waals surface area contributed by atoms with Crippen LogP contribution in [0.4, 0.5) is 6.01 Å². The van der Waals surface area contributed by atoms with Gasteiger partial charge >= 0.3 is 6.01 Å². The molecule has 4 aliphatic rings. The van der Waals surface area contributed by atoms with Gasteiger partial charge in [0.25, 0.3) is 0 Å². The maximum Gasteiger partial charge on any atom is 0.324 e. The Bertz CT molecular complexity index is 694. The summed E-state index contributed by atoms with van der Waals surface area (Å²) in [6.07, 6.45) is 3.71. The number of carbonyl (C=O) groups excluding carboxylic acids is 1. The molecule has 7 heteroatoms. The van der Waals surface area contributed by atoms with Crippen LogP contribution in [0.3, 0.4) is 0 Å². The fraction of sp³-hybridized carbons (Fsp3) is 0.842. The number of rotatable bonds is 4. The Labute approximate surface area is 154 Å². The Morgan fingerprint density at radius 1 is 1.19 bits per heavy atom. The summed E-state index contributed by atoms with van der Waals surface area (Å²) in [5.41, 5.74) is 0. The summed E-state index contributed by atoms with van der Waals surface area (Å²) in [5.74, 6) is 3.31. The SMILES string of the molecule is CCN(C)C(=O)[C@H]1[C@@H]2CN(C3CC4CC(C3)N(c3nc(C)no3)C4)C[C@@H]21. The molecule has 3 heterocycles. The molecule has 1 aromatic heterocycles. The normalized spacial score (nSPS) is 38.5. The zero-order valence-electron chi connectivity index (χ0n) is 16.0. The molecule has 142 valence electrons. The monoisotopic (exact) mass is 359 g/mol. The molecule has 2 aliphatic heterocycles. The third-order valence-corrected chi connectivity index (χ3v) is 7.29. The van der Waals surface area contributed by atoms with Gasteiger partial charge in [0.2, 0.25) is 5.91 Å². The summed E-state index contributed by atoms with van der Waals surface area (Å²) < 4.78 is 5.42. The first-order chi connectivity index (χ1) is 12.5. The number of aromatic nitrogens is 2. The van der Waals surface area contributed by atoms with Crippen molar-refractivity contribution in [1.82, 2.24) is 19.9 Å². The van der Waals surface area contributed by atoms with Crippen LogP contribution in [0.2, 0.25) is 0 Å². The fourth-order valence-electron chi connectivity index (χ4n) is 5.77. The third kappa shape index (κ3) is 2.54. The van der Waals surface area contributed by atoms with Crippen molar-refractivity contribution >= 4 is 11.9 Å². The molecule has 1 aromatic rings. The van der Waals surface area contributed by atoms with Gasteiger partial charge < -0.3 is 14.3 Å². The van der Waals surface area contributed by atoms with E-state index in [9.17, 15) is 4.79 Å². The molecule has 2 saturated carbocycles. The molecule has 2 saturated heterocycles. The summed E-state index contributed by atoms with van der Waals surface area (Å²) in [5, 5.41) is 3.96. The molecule has 2 bridgehead atoms. The van der Waals surface area contributed by atoms with Gasteiger partial charge in [0.15, 0.2) is 5.82 Å². The Morgan fingerprint density at radius 3 is 2.58 bits per heavy atom. The number of piperidine rings is 1. The summed E-state index contributed by atoms with van der Waals surface area (Å²) in [4.78, 5) is 23.8. The summed E-state index contributed by atoms with van der Waals surface area (Å²) in [6.45, 7) is 8.02. The number of amides is 1. The predicted molar refractivity (Wildman–Crippen MR) is 96.7 cm³/mol. The van der Waals surface area contributed by atoms with Gasteiger partial charge in [0.05, 0.1) is 0 Å². The zero-order chi connectivity index (χ0) is 18.0. The largest absolute Gasteiger partial charge is 0.346 e. The number of hydrogen-bond donors (Lipinski definition) is 0. The molecule has 3 unspecified atom stereocenters. The second-order valence-electron chi connectivity index (χ2n) is 8.82. The minimum absolute atomic E-state index is 0.300. The molecule has 4 fully saturated rings. The quantitative estimate of drug-likeness (QED) is 0.809. The fourth-order valence-corrected chi connectivity index (χ4v) is 5.77. The zero-order valence-corrected chi connectivity index (χ0v) is 16.0. The van der Waals surface area contributed by atoms with Gasteiger partial charge in [0.1, 0.15) is 0 Å². The Morgan fingerprint density at radius 2 is 1.92 bits per heavy atom. The van der Waals surface area contributed by atoms with Crippen molar-refractivity contribution in [3.8, 4) is 0 Å². The van der Waals surface area contributed by atoms with Gasteiger partial charge in [-0.15, -0.1) is 0 Å². The van der Waals surface area contributed by atoms with Gasteiger partial charge in [-0.25, -0.2) is 0 Å². The number of fused-ring (bicyclic) bond motifs is 3. The van der Waals surface area contributed by atoms with Gasteiger partial charge in [-0.1, -0.05) is 5.16 Å². The van der Waals surface area contributed by atoms with Crippen molar-refractivity contribution < 1.29 is 9.32 Å². The topological polar surface area (TPSA) is 65.7 Å². The van der Waals surface area contributed by atoms with Crippen LogP contribution >= 0.6 is 0 Å². The first-order valence-corrected chi connectivity index (χ1v) is 10.1. The highest BCUT2D eigenvalue weighted by molar-refractivity contribution is 5.82. The van der Waals surface area contributed by atoms with Crippen LogP contribution in [-0.4, -0.2) is 71.2 Å². The van der Waals surface area contributed by atoms with E-state index in [-0.39, 0.29) is 0 Å². The van der Waals surface area contributed by atoms with Crippen LogP contribution in [0.25, 0.3) is 0 Å². The average molecular weight is 359 g/mol. The van der Waals surface area contributed by atoms with Crippen LogP contribution in [-0.2, 0) is 4.79 Å². The van der Waals surface area contributed by atoms with E-state index in [4.69, 9.17) is 4.52 Å². The maximum atomic E-state index is 12.4. The van der Waals surface area contributed by atoms with E-state index in [0.29, 0.717) is 47.6 Å². The van der Waals surface area contributed by atoms with Crippen molar-refractivity contribution in [2.75, 3.05) is 38.1 Å². The summed E-state index contributed by atoms with van der Waals surface area (Å²) in [7, 11) is 1.93. The Kier molecular flexibility index (Phi) is 3.78. The second-order valence-corrected chi connectivity index (χ2v) is 8.82. The van der Waals surface area contributed by atoms with Gasteiger partial charge in [-0.05, 0) is 50.9 Å². The summed E-state index contributed by atoms with van der Waals surface area (Å²) in [6, 6.07) is 1.88. The highest BCUT2D eigenvalue weighted by Crippen LogP contribution is 2.54. The highest BCUT2D eigenvalue weighted by Gasteiger charge is 2.61. The lowest BCUT2D eigenvalue weighted by atomic mass is 9.85. The van der Waals surface area contributed by atoms with Crippen molar-refractivity contribution in [2.45, 2.75) is 45.2 Å². The molecule has 5 rings (SSSR count). The molecule has 2 aliphatic carbocycles. The van der Waals surface area contributed by atoms with E-state index in [2.05, 4.69) is 26.9 Å². The molecule has 6 atom stereocenters. The molecular formula is C19H29N5O2. The average Bonchev–Trinajstić information content (AvgIpc) is 3.01. The molecule has 0 N–H and O–H groups in total. The number of nitrogens with zero attached hydrogens (tertiary/aromatic N) is 5. The lowest BCUT2D eigenvalue weighted by Crippen LogP contribution is -2.43. The van der Waals surface area contributed by atoms with E-state index in [1.807, 2.05) is 18.9 Å². The predicted octanol–water partition coefficient (Wildman–Crippen LogP) is 1.39. The lowest BCUT2D eigenvalue weighted by molar-refractivity contribution is -0.132. The van der Waals surface area contributed by atoms with Gasteiger partial charge in [-0.3, -0.25) is 9.69 Å². The van der Waals surface area contributed by atoms with Crippen LogP contribution in [0, 0.1) is 30.6 Å². The maximum absolute atomic E-state index is 12.4. The molecule has 7 nitrogen and oxygen atoms in total. The molecule has 0 radical (unpaired) electrons. The molecule has 0 aromatic carbocycles. The van der Waals surface area contributed by atoms with Crippen LogP contribution in [0.15, 0.2) is 4.52 Å². The minimum atomic E-state index is 0.300. The molecule has 1 amide bonds. The first kappa shape index (κ1) is 16.5. The van der Waals surface area contributed by atoms with Crippen LogP contribution in [0.1, 0.15) is 32.0 Å². The van der Waals surface area contributed by atoms with E-state index < -0.39 is 0 Å². The van der Waals surface area contributed by atoms with Crippen molar-refractivity contribution in [1.29, 1.82) is 0 Å². The Balaban J connectivity index is 1.20.